The molecule has 0 unspecified atom stereocenters. The van der Waals surface area contributed by atoms with Crippen LogP contribution in [-0.2, 0) is 0 Å². The molecule has 4 rings (SSSR count). The fourth-order valence-electron chi connectivity index (χ4n) is 3.32. The summed E-state index contributed by atoms with van der Waals surface area (Å²) < 4.78 is 1.83. The molecule has 0 aliphatic rings. The summed E-state index contributed by atoms with van der Waals surface area (Å²) in [5.74, 6) is 0.311. The van der Waals surface area contributed by atoms with Gasteiger partial charge < -0.3 is 5.32 Å². The number of carbonyl (C=O) groups excluding carboxylic acids is 1. The molecule has 2 heterocycles. The molecule has 0 bridgehead atoms. The predicted octanol–water partition coefficient (Wildman–Crippen LogP) is 4.60. The zero-order valence-electron chi connectivity index (χ0n) is 15.5. The van der Waals surface area contributed by atoms with Crippen molar-refractivity contribution in [2.45, 2.75) is 20.8 Å². The Labute approximate surface area is 157 Å². The average molecular weight is 356 g/mol. The summed E-state index contributed by atoms with van der Waals surface area (Å²) >= 11 is 0. The van der Waals surface area contributed by atoms with Crippen molar-refractivity contribution in [3.8, 4) is 5.69 Å². The molecule has 0 fully saturated rings. The molecule has 0 aliphatic carbocycles. The number of hydrogen-bond acceptors (Lipinski definition) is 3. The summed E-state index contributed by atoms with van der Waals surface area (Å²) in [6.45, 7) is 5.99. The second-order valence-electron chi connectivity index (χ2n) is 6.64. The van der Waals surface area contributed by atoms with Gasteiger partial charge in [0.2, 0.25) is 0 Å². The highest BCUT2D eigenvalue weighted by Crippen LogP contribution is 2.22. The van der Waals surface area contributed by atoms with Gasteiger partial charge in [-0.25, -0.2) is 9.67 Å². The van der Waals surface area contributed by atoms with E-state index in [0.29, 0.717) is 11.4 Å². The van der Waals surface area contributed by atoms with Crippen LogP contribution in [0.25, 0.3) is 16.6 Å². The van der Waals surface area contributed by atoms with E-state index in [4.69, 9.17) is 0 Å². The van der Waals surface area contributed by atoms with Gasteiger partial charge >= 0.3 is 0 Å². The topological polar surface area (TPSA) is 59.8 Å². The van der Waals surface area contributed by atoms with Crippen molar-refractivity contribution in [3.05, 3.63) is 83.2 Å². The Balaban J connectivity index is 1.65. The first kappa shape index (κ1) is 17.0. The molecule has 0 aliphatic heterocycles. The Bertz CT molecular complexity index is 1140. The van der Waals surface area contributed by atoms with Crippen LogP contribution < -0.4 is 5.32 Å². The monoisotopic (exact) mass is 356 g/mol. The van der Waals surface area contributed by atoms with E-state index >= 15 is 0 Å². The second kappa shape index (κ2) is 6.68. The van der Waals surface area contributed by atoms with Gasteiger partial charge in [0.15, 0.2) is 0 Å². The molecule has 0 saturated carbocycles. The van der Waals surface area contributed by atoms with Crippen molar-refractivity contribution in [3.63, 3.8) is 0 Å². The molecule has 0 radical (unpaired) electrons. The van der Waals surface area contributed by atoms with Crippen molar-refractivity contribution in [1.29, 1.82) is 0 Å². The van der Waals surface area contributed by atoms with E-state index in [2.05, 4.69) is 15.4 Å². The molecular weight excluding hydrogens is 336 g/mol. The highest BCUT2D eigenvalue weighted by molar-refractivity contribution is 6.04. The number of anilines is 1. The quantitative estimate of drug-likeness (QED) is 0.584. The highest BCUT2D eigenvalue weighted by Gasteiger charge is 2.17. The van der Waals surface area contributed by atoms with Gasteiger partial charge in [-0.1, -0.05) is 36.4 Å². The number of aromatic nitrogens is 3. The first-order valence-electron chi connectivity index (χ1n) is 8.83. The van der Waals surface area contributed by atoms with Gasteiger partial charge in [0.25, 0.3) is 5.91 Å². The molecule has 2 aromatic carbocycles. The Morgan fingerprint density at radius 1 is 0.926 bits per heavy atom. The maximum atomic E-state index is 12.8. The van der Waals surface area contributed by atoms with Crippen LogP contribution in [0.3, 0.4) is 0 Å². The first-order valence-corrected chi connectivity index (χ1v) is 8.83. The number of hydrogen-bond donors (Lipinski definition) is 1. The standard InChI is InChI=1S/C22H20N4O/c1-14-7-6-8-15(2)21(14)26-16(3)18(13-23-26)22(27)25-20-12-11-17-9-4-5-10-19(17)24-20/h4-13H,1-3H3,(H,24,25,27). The van der Waals surface area contributed by atoms with Crippen LogP contribution in [-0.4, -0.2) is 20.7 Å². The number of nitrogens with zero attached hydrogens (tertiary/aromatic N) is 3. The summed E-state index contributed by atoms with van der Waals surface area (Å²) in [6.07, 6.45) is 1.61. The Morgan fingerprint density at radius 2 is 1.67 bits per heavy atom. The smallest absolute Gasteiger partial charge is 0.260 e. The van der Waals surface area contributed by atoms with Crippen molar-refractivity contribution in [2.75, 3.05) is 5.32 Å². The van der Waals surface area contributed by atoms with Crippen molar-refractivity contribution in [1.82, 2.24) is 14.8 Å². The number of pyridine rings is 1. The molecule has 0 saturated heterocycles. The van der Waals surface area contributed by atoms with Crippen LogP contribution in [0.1, 0.15) is 27.2 Å². The van der Waals surface area contributed by atoms with Gasteiger partial charge in [-0.2, -0.15) is 5.10 Å². The maximum Gasteiger partial charge on any atom is 0.260 e. The van der Waals surface area contributed by atoms with Gasteiger partial charge in [0, 0.05) is 5.39 Å². The molecule has 2 aromatic heterocycles. The van der Waals surface area contributed by atoms with Gasteiger partial charge in [-0.3, -0.25) is 4.79 Å². The number of amides is 1. The van der Waals surface area contributed by atoms with Crippen LogP contribution in [0, 0.1) is 20.8 Å². The number of fused-ring (bicyclic) bond motifs is 1. The fraction of sp³-hybridized carbons (Fsp3) is 0.136. The molecule has 27 heavy (non-hydrogen) atoms. The number of para-hydroxylation sites is 2. The van der Waals surface area contributed by atoms with Crippen LogP contribution >= 0.6 is 0 Å². The summed E-state index contributed by atoms with van der Waals surface area (Å²) in [4.78, 5) is 17.3. The van der Waals surface area contributed by atoms with Crippen LogP contribution in [0.4, 0.5) is 5.82 Å². The van der Waals surface area contributed by atoms with Crippen LogP contribution in [0.15, 0.2) is 60.8 Å². The van der Waals surface area contributed by atoms with Crippen molar-refractivity contribution in [2.24, 2.45) is 0 Å². The number of benzene rings is 2. The van der Waals surface area contributed by atoms with Crippen molar-refractivity contribution >= 4 is 22.6 Å². The van der Waals surface area contributed by atoms with Crippen molar-refractivity contribution < 1.29 is 4.79 Å². The Morgan fingerprint density at radius 3 is 2.44 bits per heavy atom. The van der Waals surface area contributed by atoms with E-state index in [1.807, 2.05) is 80.1 Å². The molecule has 0 spiro atoms. The number of nitrogens with one attached hydrogen (secondary N) is 1. The number of aryl methyl sites for hydroxylation is 2. The minimum Gasteiger partial charge on any atom is -0.306 e. The SMILES string of the molecule is Cc1cccc(C)c1-n1ncc(C(=O)Nc2ccc3ccccc3n2)c1C. The van der Waals surface area contributed by atoms with E-state index in [0.717, 1.165) is 33.4 Å². The van der Waals surface area contributed by atoms with E-state index in [9.17, 15) is 4.79 Å². The Hall–Kier alpha value is -3.47. The molecule has 4 aromatic rings. The molecule has 134 valence electrons. The lowest BCUT2D eigenvalue weighted by Crippen LogP contribution is -2.14. The Kier molecular flexibility index (Phi) is 4.20. The summed E-state index contributed by atoms with van der Waals surface area (Å²) in [7, 11) is 0. The number of rotatable bonds is 3. The van der Waals surface area contributed by atoms with Gasteiger partial charge in [0.1, 0.15) is 5.82 Å². The number of carbonyl (C=O) groups is 1. The summed E-state index contributed by atoms with van der Waals surface area (Å²) in [5, 5.41) is 8.37. The van der Waals surface area contributed by atoms with Gasteiger partial charge in [-0.15, -0.1) is 0 Å². The molecule has 5 nitrogen and oxygen atoms in total. The zero-order chi connectivity index (χ0) is 19.0. The molecule has 5 heteroatoms. The molecule has 1 N–H and O–H groups in total. The normalized spacial score (nSPS) is 10.9. The van der Waals surface area contributed by atoms with E-state index < -0.39 is 0 Å². The second-order valence-corrected chi connectivity index (χ2v) is 6.64. The maximum absolute atomic E-state index is 12.8. The highest BCUT2D eigenvalue weighted by atomic mass is 16.1. The third kappa shape index (κ3) is 3.08. The fourth-order valence-corrected chi connectivity index (χ4v) is 3.32. The third-order valence-electron chi connectivity index (χ3n) is 4.75. The lowest BCUT2D eigenvalue weighted by molar-refractivity contribution is 0.102. The predicted molar refractivity (Wildman–Crippen MR) is 107 cm³/mol. The summed E-state index contributed by atoms with van der Waals surface area (Å²) in [5.41, 5.74) is 5.42. The van der Waals surface area contributed by atoms with Crippen LogP contribution in [0.5, 0.6) is 0 Å². The lowest BCUT2D eigenvalue weighted by atomic mass is 10.1. The van der Waals surface area contributed by atoms with Gasteiger partial charge in [-0.05, 0) is 50.1 Å². The zero-order valence-corrected chi connectivity index (χ0v) is 15.5. The average Bonchev–Trinajstić information content (AvgIpc) is 3.03. The van der Waals surface area contributed by atoms with E-state index in [-0.39, 0.29) is 5.91 Å². The van der Waals surface area contributed by atoms with E-state index in [1.54, 1.807) is 6.20 Å². The third-order valence-corrected chi connectivity index (χ3v) is 4.75. The lowest BCUT2D eigenvalue weighted by Gasteiger charge is -2.12. The largest absolute Gasteiger partial charge is 0.306 e. The van der Waals surface area contributed by atoms with Gasteiger partial charge in [0.05, 0.1) is 28.7 Å². The van der Waals surface area contributed by atoms with Crippen LogP contribution in [0.2, 0.25) is 0 Å². The minimum atomic E-state index is -0.215. The minimum absolute atomic E-state index is 0.215. The summed E-state index contributed by atoms with van der Waals surface area (Å²) in [6, 6.07) is 17.7. The molecule has 0 atom stereocenters. The first-order chi connectivity index (χ1) is 13.0. The van der Waals surface area contributed by atoms with E-state index in [1.165, 1.54) is 0 Å². The molecular formula is C22H20N4O. The molecule has 1 amide bonds.